The van der Waals surface area contributed by atoms with Crippen LogP contribution in [-0.4, -0.2) is 40.2 Å². The lowest BCUT2D eigenvalue weighted by Gasteiger charge is -2.21. The van der Waals surface area contributed by atoms with Crippen molar-refractivity contribution in [1.82, 2.24) is 4.90 Å². The molecule has 4 nitrogen and oxygen atoms in total. The highest BCUT2D eigenvalue weighted by molar-refractivity contribution is 7.99. The Kier molecular flexibility index (Phi) is 4.66. The van der Waals surface area contributed by atoms with Crippen molar-refractivity contribution in [1.29, 1.82) is 0 Å². The van der Waals surface area contributed by atoms with Crippen LogP contribution < -0.4 is 0 Å². The van der Waals surface area contributed by atoms with E-state index in [0.717, 1.165) is 12.2 Å². The summed E-state index contributed by atoms with van der Waals surface area (Å²) in [6.45, 7) is 0.579. The van der Waals surface area contributed by atoms with E-state index in [-0.39, 0.29) is 5.91 Å². The van der Waals surface area contributed by atoms with Gasteiger partial charge in [0.2, 0.25) is 5.91 Å². The molecule has 0 spiro atoms. The smallest absolute Gasteiger partial charge is 0.326 e. The van der Waals surface area contributed by atoms with Crippen molar-refractivity contribution in [2.75, 3.05) is 12.3 Å². The molecule has 1 fully saturated rings. The number of nitrogens with zero attached hydrogens (tertiary/aromatic N) is 1. The second kappa shape index (κ2) is 6.24. The Bertz CT molecular complexity index is 419. The lowest BCUT2D eigenvalue weighted by molar-refractivity contribution is -0.147. The number of likely N-dealkylation sites (tertiary alicyclic amines) is 1. The van der Waals surface area contributed by atoms with Crippen LogP contribution in [0, 0.1) is 0 Å². The second-order valence-electron chi connectivity index (χ2n) is 4.16. The quantitative estimate of drug-likeness (QED) is 0.899. The minimum Gasteiger partial charge on any atom is -0.480 e. The molecule has 1 atom stereocenters. The number of carbonyl (C=O) groups is 2. The van der Waals surface area contributed by atoms with Crippen LogP contribution in [0.2, 0.25) is 0 Å². The molecule has 2 rings (SSSR count). The average Bonchev–Trinajstić information content (AvgIpc) is 2.99. The first kappa shape index (κ1) is 13.4. The van der Waals surface area contributed by atoms with Gasteiger partial charge in [-0.1, -0.05) is 6.07 Å². The summed E-state index contributed by atoms with van der Waals surface area (Å²) in [5, 5.41) is 11.0. The van der Waals surface area contributed by atoms with Gasteiger partial charge in [-0.25, -0.2) is 4.79 Å². The number of thiophene rings is 1. The predicted octanol–water partition coefficient (Wildman–Crippen LogP) is 2.06. The molecule has 1 aliphatic heterocycles. The molecule has 1 aliphatic rings. The van der Waals surface area contributed by atoms with Crippen LogP contribution in [0.1, 0.15) is 17.7 Å². The fourth-order valence-corrected chi connectivity index (χ4v) is 3.79. The molecular weight excluding hydrogens is 270 g/mol. The number of carbonyl (C=O) groups excluding carboxylic acids is 1. The first-order chi connectivity index (χ1) is 8.68. The molecule has 6 heteroatoms. The molecule has 18 heavy (non-hydrogen) atoms. The van der Waals surface area contributed by atoms with Crippen molar-refractivity contribution < 1.29 is 14.7 Å². The van der Waals surface area contributed by atoms with Gasteiger partial charge in [0.15, 0.2) is 0 Å². The number of thioether (sulfide) groups is 1. The van der Waals surface area contributed by atoms with Crippen LogP contribution in [0.25, 0.3) is 0 Å². The zero-order valence-corrected chi connectivity index (χ0v) is 11.5. The molecular formula is C12H15NO3S2. The average molecular weight is 285 g/mol. The summed E-state index contributed by atoms with van der Waals surface area (Å²) < 4.78 is 0. The van der Waals surface area contributed by atoms with Crippen LogP contribution in [-0.2, 0) is 15.3 Å². The molecule has 2 heterocycles. The molecule has 0 aliphatic carbocycles. The molecule has 98 valence electrons. The second-order valence-corrected chi connectivity index (χ2v) is 6.17. The van der Waals surface area contributed by atoms with Crippen molar-refractivity contribution in [2.24, 2.45) is 0 Å². The van der Waals surface area contributed by atoms with Crippen molar-refractivity contribution in [3.05, 3.63) is 22.4 Å². The van der Waals surface area contributed by atoms with Gasteiger partial charge in [-0.15, -0.1) is 23.1 Å². The Labute approximate surface area is 114 Å². The molecule has 1 aromatic heterocycles. The number of aliphatic carboxylic acids is 1. The topological polar surface area (TPSA) is 57.6 Å². The highest BCUT2D eigenvalue weighted by Crippen LogP contribution is 2.21. The maximum Gasteiger partial charge on any atom is 0.326 e. The zero-order valence-electron chi connectivity index (χ0n) is 9.87. The summed E-state index contributed by atoms with van der Waals surface area (Å²) in [5.41, 5.74) is 0. The Hall–Kier alpha value is -1.01. The predicted molar refractivity (Wildman–Crippen MR) is 72.9 cm³/mol. The van der Waals surface area contributed by atoms with E-state index in [1.54, 1.807) is 23.1 Å². The molecule has 0 radical (unpaired) electrons. The third-order valence-corrected chi connectivity index (χ3v) is 4.93. The van der Waals surface area contributed by atoms with Gasteiger partial charge in [0.25, 0.3) is 0 Å². The van der Waals surface area contributed by atoms with Gasteiger partial charge in [0, 0.05) is 17.2 Å². The third-order valence-electron chi connectivity index (χ3n) is 2.91. The minimum atomic E-state index is -0.885. The number of rotatable bonds is 5. The van der Waals surface area contributed by atoms with Crippen LogP contribution in [0.15, 0.2) is 17.5 Å². The highest BCUT2D eigenvalue weighted by atomic mass is 32.2. The van der Waals surface area contributed by atoms with Crippen LogP contribution >= 0.6 is 23.1 Å². The van der Waals surface area contributed by atoms with Crippen LogP contribution in [0.5, 0.6) is 0 Å². The van der Waals surface area contributed by atoms with E-state index >= 15 is 0 Å². The number of carboxylic acid groups (broad SMARTS) is 1. The summed E-state index contributed by atoms with van der Waals surface area (Å²) in [7, 11) is 0. The van der Waals surface area contributed by atoms with Crippen molar-refractivity contribution in [3.63, 3.8) is 0 Å². The highest BCUT2D eigenvalue weighted by Gasteiger charge is 2.33. The van der Waals surface area contributed by atoms with Crippen LogP contribution in [0.3, 0.4) is 0 Å². The maximum atomic E-state index is 11.9. The molecule has 1 aromatic rings. The fourth-order valence-electron chi connectivity index (χ4n) is 2.04. The summed E-state index contributed by atoms with van der Waals surface area (Å²) >= 11 is 3.22. The zero-order chi connectivity index (χ0) is 13.0. The van der Waals surface area contributed by atoms with Gasteiger partial charge in [0.1, 0.15) is 6.04 Å². The molecule has 1 saturated heterocycles. The van der Waals surface area contributed by atoms with Gasteiger partial charge in [0.05, 0.1) is 5.75 Å². The van der Waals surface area contributed by atoms with E-state index in [1.165, 1.54) is 9.78 Å². The van der Waals surface area contributed by atoms with E-state index in [4.69, 9.17) is 5.11 Å². The van der Waals surface area contributed by atoms with Gasteiger partial charge in [-0.2, -0.15) is 0 Å². The van der Waals surface area contributed by atoms with Gasteiger partial charge in [-0.3, -0.25) is 4.79 Å². The summed E-state index contributed by atoms with van der Waals surface area (Å²) in [6.07, 6.45) is 1.37. The number of amides is 1. The summed E-state index contributed by atoms with van der Waals surface area (Å²) in [4.78, 5) is 25.7. The molecule has 0 aromatic carbocycles. The lowest BCUT2D eigenvalue weighted by Crippen LogP contribution is -2.41. The number of hydrogen-bond donors (Lipinski definition) is 1. The molecule has 1 amide bonds. The van der Waals surface area contributed by atoms with E-state index in [1.807, 2.05) is 17.5 Å². The molecule has 0 saturated carbocycles. The molecule has 0 bridgehead atoms. The van der Waals surface area contributed by atoms with E-state index < -0.39 is 12.0 Å². The summed E-state index contributed by atoms with van der Waals surface area (Å²) in [5.74, 6) is 0.238. The number of carboxylic acids is 1. The molecule has 1 N–H and O–H groups in total. The third kappa shape index (κ3) is 3.26. The van der Waals surface area contributed by atoms with Gasteiger partial charge in [-0.05, 0) is 24.3 Å². The maximum absolute atomic E-state index is 11.9. The SMILES string of the molecule is O=C(O)[C@H]1CCCN1C(=O)CSCc1cccs1. The van der Waals surface area contributed by atoms with E-state index in [0.29, 0.717) is 18.7 Å². The Morgan fingerprint density at radius 3 is 3.06 bits per heavy atom. The first-order valence-corrected chi connectivity index (χ1v) is 7.84. The summed E-state index contributed by atoms with van der Waals surface area (Å²) in [6, 6.07) is 3.42. The van der Waals surface area contributed by atoms with Gasteiger partial charge >= 0.3 is 5.97 Å². The molecule has 0 unspecified atom stereocenters. The van der Waals surface area contributed by atoms with Crippen molar-refractivity contribution in [2.45, 2.75) is 24.6 Å². The largest absolute Gasteiger partial charge is 0.480 e. The Morgan fingerprint density at radius 2 is 2.39 bits per heavy atom. The van der Waals surface area contributed by atoms with E-state index in [2.05, 4.69) is 0 Å². The van der Waals surface area contributed by atoms with E-state index in [9.17, 15) is 9.59 Å². The Balaban J connectivity index is 1.79. The Morgan fingerprint density at radius 1 is 1.56 bits per heavy atom. The fraction of sp³-hybridized carbons (Fsp3) is 0.500. The lowest BCUT2D eigenvalue weighted by atomic mass is 10.2. The van der Waals surface area contributed by atoms with Crippen molar-refractivity contribution in [3.8, 4) is 0 Å². The first-order valence-electron chi connectivity index (χ1n) is 5.81. The minimum absolute atomic E-state index is 0.0542. The monoisotopic (exact) mass is 285 g/mol. The normalized spacial score (nSPS) is 19.1. The van der Waals surface area contributed by atoms with Gasteiger partial charge < -0.3 is 10.0 Å². The number of hydrogen-bond acceptors (Lipinski definition) is 4. The standard InChI is InChI=1S/C12H15NO3S2/c14-11(8-17-7-9-3-2-6-18-9)13-5-1-4-10(13)12(15)16/h2-3,6,10H,1,4-5,7-8H2,(H,15,16)/t10-/m1/s1. The van der Waals surface area contributed by atoms with Crippen LogP contribution in [0.4, 0.5) is 0 Å². The van der Waals surface area contributed by atoms with Crippen molar-refractivity contribution >= 4 is 35.0 Å².